The minimum Gasteiger partial charge on any atom is -0.466 e. The fraction of sp³-hybridized carbons (Fsp3) is 0.435. The van der Waals surface area contributed by atoms with E-state index in [4.69, 9.17) is 21.4 Å². The average Bonchev–Trinajstić information content (AvgIpc) is 3.18. The van der Waals surface area contributed by atoms with Gasteiger partial charge in [0.2, 0.25) is 5.72 Å². The summed E-state index contributed by atoms with van der Waals surface area (Å²) in [4.78, 5) is 2.50. The lowest BCUT2D eigenvalue weighted by Crippen LogP contribution is -2.59. The Morgan fingerprint density at radius 2 is 1.93 bits per heavy atom. The molecule has 3 heterocycles. The molecule has 1 unspecified atom stereocenters. The molecule has 0 aliphatic carbocycles. The summed E-state index contributed by atoms with van der Waals surface area (Å²) in [7, 11) is 0. The lowest BCUT2D eigenvalue weighted by molar-refractivity contribution is -0.149. The van der Waals surface area contributed by atoms with E-state index >= 15 is 0 Å². The highest BCUT2D eigenvalue weighted by atomic mass is 35.5. The highest BCUT2D eigenvalue weighted by molar-refractivity contribution is 6.30. The van der Waals surface area contributed by atoms with Gasteiger partial charge in [-0.2, -0.15) is 5.10 Å². The summed E-state index contributed by atoms with van der Waals surface area (Å²) in [6, 6.07) is 12.6. The third-order valence-corrected chi connectivity index (χ3v) is 6.55. The van der Waals surface area contributed by atoms with Crippen molar-refractivity contribution in [3.05, 3.63) is 64.4 Å². The zero-order valence-electron chi connectivity index (χ0n) is 16.6. The Morgan fingerprint density at radius 1 is 1.17 bits per heavy atom. The molecule has 2 aromatic carbocycles. The van der Waals surface area contributed by atoms with Crippen LogP contribution in [0.1, 0.15) is 49.8 Å². The van der Waals surface area contributed by atoms with Crippen molar-refractivity contribution in [2.45, 2.75) is 44.4 Å². The Morgan fingerprint density at radius 3 is 2.66 bits per heavy atom. The first-order chi connectivity index (χ1) is 14.1. The smallest absolute Gasteiger partial charge is 0.200 e. The van der Waals surface area contributed by atoms with Crippen LogP contribution in [0.2, 0.25) is 5.02 Å². The predicted octanol–water partition coefficient (Wildman–Crippen LogP) is 5.22. The first-order valence-corrected chi connectivity index (χ1v) is 10.8. The zero-order valence-corrected chi connectivity index (χ0v) is 17.3. The molecule has 0 N–H and O–H groups in total. The van der Waals surface area contributed by atoms with Crippen molar-refractivity contribution >= 4 is 17.3 Å². The van der Waals surface area contributed by atoms with Crippen LogP contribution in [0.4, 0.5) is 4.39 Å². The van der Waals surface area contributed by atoms with Gasteiger partial charge in [0, 0.05) is 42.9 Å². The molecule has 0 saturated carbocycles. The Kier molecular flexibility index (Phi) is 4.75. The van der Waals surface area contributed by atoms with Crippen LogP contribution in [0.15, 0.2) is 47.6 Å². The van der Waals surface area contributed by atoms with Crippen molar-refractivity contribution < 1.29 is 9.13 Å². The van der Waals surface area contributed by atoms with E-state index in [0.717, 1.165) is 67.9 Å². The van der Waals surface area contributed by atoms with E-state index in [-0.39, 0.29) is 11.9 Å². The largest absolute Gasteiger partial charge is 0.466 e. The van der Waals surface area contributed by atoms with Crippen LogP contribution in [-0.4, -0.2) is 41.0 Å². The summed E-state index contributed by atoms with van der Waals surface area (Å²) in [5.41, 5.74) is 2.59. The van der Waals surface area contributed by atoms with Gasteiger partial charge in [0.15, 0.2) is 0 Å². The van der Waals surface area contributed by atoms with Crippen molar-refractivity contribution in [3.8, 4) is 5.75 Å². The lowest BCUT2D eigenvalue weighted by atomic mass is 9.90. The Labute approximate surface area is 175 Å². The number of halogens is 2. The van der Waals surface area contributed by atoms with Gasteiger partial charge in [-0.3, -0.25) is 0 Å². The number of hydrazone groups is 1. The van der Waals surface area contributed by atoms with Crippen LogP contribution >= 0.6 is 11.6 Å². The third kappa shape index (κ3) is 3.30. The Hall–Kier alpha value is -2.11. The van der Waals surface area contributed by atoms with Crippen molar-refractivity contribution in [2.75, 3.05) is 19.6 Å². The quantitative estimate of drug-likeness (QED) is 0.690. The molecular formula is C23H25ClFN3O. The molecule has 1 atom stereocenters. The Balaban J connectivity index is 1.52. The van der Waals surface area contributed by atoms with Gasteiger partial charge in [-0.15, -0.1) is 0 Å². The first kappa shape index (κ1) is 18.9. The molecule has 5 rings (SSSR count). The van der Waals surface area contributed by atoms with Crippen LogP contribution in [-0.2, 0) is 0 Å². The number of nitrogens with zero attached hydrogens (tertiary/aromatic N) is 3. The molecule has 0 radical (unpaired) electrons. The molecule has 29 heavy (non-hydrogen) atoms. The van der Waals surface area contributed by atoms with Crippen molar-refractivity contribution in [3.63, 3.8) is 0 Å². The second-order valence-corrected chi connectivity index (χ2v) is 8.63. The van der Waals surface area contributed by atoms with E-state index < -0.39 is 5.72 Å². The van der Waals surface area contributed by atoms with Crippen LogP contribution in [0.25, 0.3) is 0 Å². The molecule has 4 nitrogen and oxygen atoms in total. The van der Waals surface area contributed by atoms with Gasteiger partial charge < -0.3 is 9.64 Å². The minimum absolute atomic E-state index is 0.0928. The number of hydrogen-bond acceptors (Lipinski definition) is 4. The SMILES string of the molecule is CCCN1CCC2(CC1)Oc1ccc(Cl)cc1C1CC(c3ccc(F)cc3)=NN12. The van der Waals surface area contributed by atoms with E-state index in [1.54, 1.807) is 0 Å². The van der Waals surface area contributed by atoms with Crippen molar-refractivity contribution in [1.82, 2.24) is 9.91 Å². The molecule has 0 aromatic heterocycles. The normalized spacial score (nSPS) is 22.8. The fourth-order valence-corrected chi connectivity index (χ4v) is 5.02. The molecule has 152 valence electrons. The molecule has 0 bridgehead atoms. The summed E-state index contributed by atoms with van der Waals surface area (Å²) >= 11 is 6.31. The second kappa shape index (κ2) is 7.29. The van der Waals surface area contributed by atoms with E-state index in [0.29, 0.717) is 5.02 Å². The summed E-state index contributed by atoms with van der Waals surface area (Å²) < 4.78 is 20.0. The Bertz CT molecular complexity index is 938. The molecular weight excluding hydrogens is 389 g/mol. The van der Waals surface area contributed by atoms with Gasteiger partial charge in [-0.05, 0) is 48.9 Å². The molecule has 1 saturated heterocycles. The average molecular weight is 414 g/mol. The van der Waals surface area contributed by atoms with Gasteiger partial charge in [-0.25, -0.2) is 9.40 Å². The number of ether oxygens (including phenoxy) is 1. The highest BCUT2D eigenvalue weighted by Crippen LogP contribution is 2.50. The van der Waals surface area contributed by atoms with Gasteiger partial charge in [0.1, 0.15) is 11.6 Å². The highest BCUT2D eigenvalue weighted by Gasteiger charge is 2.51. The third-order valence-electron chi connectivity index (χ3n) is 6.31. The summed E-state index contributed by atoms with van der Waals surface area (Å²) in [5.74, 6) is 0.681. The molecule has 1 spiro atoms. The van der Waals surface area contributed by atoms with Crippen LogP contribution in [0.3, 0.4) is 0 Å². The number of benzene rings is 2. The van der Waals surface area contributed by atoms with E-state index in [1.807, 2.05) is 30.3 Å². The van der Waals surface area contributed by atoms with Gasteiger partial charge >= 0.3 is 0 Å². The monoisotopic (exact) mass is 413 g/mol. The molecule has 0 amide bonds. The number of fused-ring (bicyclic) bond motifs is 4. The van der Waals surface area contributed by atoms with Gasteiger partial charge in [-0.1, -0.05) is 30.7 Å². The van der Waals surface area contributed by atoms with E-state index in [2.05, 4.69) is 16.8 Å². The van der Waals surface area contributed by atoms with Crippen LogP contribution in [0, 0.1) is 5.82 Å². The summed E-state index contributed by atoms with van der Waals surface area (Å²) in [6.07, 6.45) is 3.74. The van der Waals surface area contributed by atoms with E-state index in [1.165, 1.54) is 12.1 Å². The van der Waals surface area contributed by atoms with Crippen LogP contribution in [0.5, 0.6) is 5.75 Å². The maximum absolute atomic E-state index is 13.4. The summed E-state index contributed by atoms with van der Waals surface area (Å²) in [5, 5.41) is 7.91. The first-order valence-electron chi connectivity index (χ1n) is 10.4. The molecule has 6 heteroatoms. The van der Waals surface area contributed by atoms with Crippen molar-refractivity contribution in [2.24, 2.45) is 5.10 Å². The van der Waals surface area contributed by atoms with Crippen LogP contribution < -0.4 is 4.74 Å². The summed E-state index contributed by atoms with van der Waals surface area (Å²) in [6.45, 7) is 5.34. The number of likely N-dealkylation sites (tertiary alicyclic amines) is 1. The standard InChI is InChI=1S/C23H25ClFN3O/c1-2-11-27-12-9-23(10-13-27)28-21(19-14-17(24)5-8-22(19)29-23)15-20(26-28)16-3-6-18(25)7-4-16/h3-8,14,21H,2,9-13,15H2,1H3. The molecule has 1 fully saturated rings. The van der Waals surface area contributed by atoms with E-state index in [9.17, 15) is 4.39 Å². The molecule has 2 aromatic rings. The minimum atomic E-state index is -0.433. The maximum Gasteiger partial charge on any atom is 0.200 e. The van der Waals surface area contributed by atoms with Crippen molar-refractivity contribution in [1.29, 1.82) is 0 Å². The zero-order chi connectivity index (χ0) is 20.0. The number of rotatable bonds is 3. The fourth-order valence-electron chi connectivity index (χ4n) is 4.84. The predicted molar refractivity (Wildman–Crippen MR) is 113 cm³/mol. The molecule has 3 aliphatic rings. The molecule has 3 aliphatic heterocycles. The topological polar surface area (TPSA) is 28.1 Å². The van der Waals surface area contributed by atoms with Gasteiger partial charge in [0.25, 0.3) is 0 Å². The number of piperidine rings is 1. The number of hydrogen-bond donors (Lipinski definition) is 0. The van der Waals surface area contributed by atoms with Gasteiger partial charge in [0.05, 0.1) is 11.8 Å². The lowest BCUT2D eigenvalue weighted by Gasteiger charge is -2.51. The second-order valence-electron chi connectivity index (χ2n) is 8.19. The maximum atomic E-state index is 13.4.